The number of carbonyl (C=O) groups is 3. The fourth-order valence-corrected chi connectivity index (χ4v) is 3.10. The minimum absolute atomic E-state index is 0.143. The molecule has 1 aromatic carbocycles. The predicted molar refractivity (Wildman–Crippen MR) is 100 cm³/mol. The number of benzene rings is 1. The van der Waals surface area contributed by atoms with Crippen LogP contribution in [-0.2, 0) is 14.3 Å². The quantitative estimate of drug-likeness (QED) is 0.678. The van der Waals surface area contributed by atoms with Crippen LogP contribution in [-0.4, -0.2) is 43.6 Å². The third-order valence-electron chi connectivity index (χ3n) is 4.64. The molecule has 1 aliphatic rings. The molecular weight excluding hydrogens is 348 g/mol. The van der Waals surface area contributed by atoms with Gasteiger partial charge in [0.25, 0.3) is 11.8 Å². The molecule has 2 N–H and O–H groups in total. The summed E-state index contributed by atoms with van der Waals surface area (Å²) in [5, 5.41) is 5.39. The van der Waals surface area contributed by atoms with E-state index in [1.54, 1.807) is 24.3 Å². The third-order valence-corrected chi connectivity index (χ3v) is 4.64. The van der Waals surface area contributed by atoms with Crippen LogP contribution in [0.15, 0.2) is 24.3 Å². The lowest BCUT2D eigenvalue weighted by Gasteiger charge is -2.29. The van der Waals surface area contributed by atoms with Crippen LogP contribution in [0, 0.1) is 5.92 Å². The third kappa shape index (κ3) is 6.92. The molecule has 0 unspecified atom stereocenters. The minimum Gasteiger partial charge on any atom is -0.494 e. The number of carbonyl (C=O) groups excluding carboxylic acids is 3. The maximum Gasteiger partial charge on any atom is 0.325 e. The van der Waals surface area contributed by atoms with Crippen LogP contribution in [0.4, 0.5) is 0 Å². The van der Waals surface area contributed by atoms with Gasteiger partial charge in [0.05, 0.1) is 6.61 Å². The van der Waals surface area contributed by atoms with Crippen LogP contribution in [0.25, 0.3) is 0 Å². The summed E-state index contributed by atoms with van der Waals surface area (Å²) in [7, 11) is 0. The maximum absolute atomic E-state index is 12.0. The van der Waals surface area contributed by atoms with Crippen molar-refractivity contribution in [2.45, 2.75) is 45.6 Å². The van der Waals surface area contributed by atoms with Gasteiger partial charge in [0.15, 0.2) is 6.61 Å². The van der Waals surface area contributed by atoms with E-state index in [2.05, 4.69) is 17.6 Å². The highest BCUT2D eigenvalue weighted by atomic mass is 16.5. The Labute approximate surface area is 159 Å². The Morgan fingerprint density at radius 1 is 1.11 bits per heavy atom. The molecule has 7 heteroatoms. The average Bonchev–Trinajstić information content (AvgIpc) is 2.67. The SMILES string of the molecule is CCOc1ccc(C(=O)NCC(=O)OCC(=O)N[C@@H]2CCCC[C@@H]2C)cc1. The van der Waals surface area contributed by atoms with Crippen LogP contribution < -0.4 is 15.4 Å². The summed E-state index contributed by atoms with van der Waals surface area (Å²) in [4.78, 5) is 35.7. The van der Waals surface area contributed by atoms with E-state index in [1.165, 1.54) is 6.42 Å². The number of amides is 2. The molecule has 0 heterocycles. The monoisotopic (exact) mass is 376 g/mol. The Bertz CT molecular complexity index is 644. The molecule has 2 amide bonds. The second kappa shape index (κ2) is 10.5. The first-order valence-corrected chi connectivity index (χ1v) is 9.45. The van der Waals surface area contributed by atoms with Crippen molar-refractivity contribution in [1.29, 1.82) is 0 Å². The molecule has 0 aromatic heterocycles. The summed E-state index contributed by atoms with van der Waals surface area (Å²) >= 11 is 0. The number of esters is 1. The van der Waals surface area contributed by atoms with Crippen molar-refractivity contribution < 1.29 is 23.9 Å². The van der Waals surface area contributed by atoms with E-state index in [1.807, 2.05) is 6.92 Å². The van der Waals surface area contributed by atoms with E-state index < -0.39 is 11.9 Å². The van der Waals surface area contributed by atoms with E-state index in [0.29, 0.717) is 23.8 Å². The van der Waals surface area contributed by atoms with Crippen molar-refractivity contribution in [3.63, 3.8) is 0 Å². The Balaban J connectivity index is 1.67. The van der Waals surface area contributed by atoms with E-state index in [9.17, 15) is 14.4 Å². The van der Waals surface area contributed by atoms with E-state index in [-0.39, 0.29) is 25.1 Å². The molecule has 7 nitrogen and oxygen atoms in total. The highest BCUT2D eigenvalue weighted by molar-refractivity contribution is 5.96. The molecular formula is C20H28N2O5. The molecule has 1 aliphatic carbocycles. The average molecular weight is 376 g/mol. The summed E-state index contributed by atoms with van der Waals surface area (Å²) in [6.45, 7) is 3.92. The zero-order valence-corrected chi connectivity index (χ0v) is 16.0. The second-order valence-electron chi connectivity index (χ2n) is 6.74. The van der Waals surface area contributed by atoms with Gasteiger partial charge in [-0.3, -0.25) is 14.4 Å². The van der Waals surface area contributed by atoms with Gasteiger partial charge in [0.1, 0.15) is 12.3 Å². The molecule has 1 saturated carbocycles. The Hall–Kier alpha value is -2.57. The van der Waals surface area contributed by atoms with Crippen molar-refractivity contribution in [2.75, 3.05) is 19.8 Å². The van der Waals surface area contributed by atoms with Gasteiger partial charge in [-0.2, -0.15) is 0 Å². The maximum atomic E-state index is 12.0. The summed E-state index contributed by atoms with van der Waals surface area (Å²) in [5.74, 6) is -0.241. The van der Waals surface area contributed by atoms with Gasteiger partial charge < -0.3 is 20.1 Å². The van der Waals surface area contributed by atoms with Crippen LogP contribution in [0.5, 0.6) is 5.75 Å². The van der Waals surface area contributed by atoms with Crippen LogP contribution >= 0.6 is 0 Å². The zero-order chi connectivity index (χ0) is 19.6. The van der Waals surface area contributed by atoms with Gasteiger partial charge in [0, 0.05) is 11.6 Å². The summed E-state index contributed by atoms with van der Waals surface area (Å²) < 4.78 is 10.2. The molecule has 0 bridgehead atoms. The molecule has 0 spiro atoms. The summed E-state index contributed by atoms with van der Waals surface area (Å²) in [5.41, 5.74) is 0.412. The number of hydrogen-bond donors (Lipinski definition) is 2. The molecule has 1 aromatic rings. The van der Waals surface area contributed by atoms with Gasteiger partial charge in [-0.1, -0.05) is 19.8 Å². The van der Waals surface area contributed by atoms with Gasteiger partial charge in [-0.05, 0) is 49.9 Å². The van der Waals surface area contributed by atoms with Crippen LogP contribution in [0.2, 0.25) is 0 Å². The molecule has 2 rings (SSSR count). The standard InChI is InChI=1S/C20H28N2O5/c1-3-26-16-10-8-15(9-11-16)20(25)21-12-19(24)27-13-18(23)22-17-7-5-4-6-14(17)2/h8-11,14,17H,3-7,12-13H2,1-2H3,(H,21,25)(H,22,23)/t14-,17+/m0/s1. The lowest BCUT2D eigenvalue weighted by molar-refractivity contribution is -0.147. The van der Waals surface area contributed by atoms with Gasteiger partial charge in [-0.15, -0.1) is 0 Å². The lowest BCUT2D eigenvalue weighted by Crippen LogP contribution is -2.43. The van der Waals surface area contributed by atoms with Crippen molar-refractivity contribution in [2.24, 2.45) is 5.92 Å². The second-order valence-corrected chi connectivity index (χ2v) is 6.74. The number of nitrogens with one attached hydrogen (secondary N) is 2. The Morgan fingerprint density at radius 3 is 2.48 bits per heavy atom. The van der Waals surface area contributed by atoms with E-state index >= 15 is 0 Å². The Kier molecular flexibility index (Phi) is 8.10. The van der Waals surface area contributed by atoms with Gasteiger partial charge in [0.2, 0.25) is 0 Å². The topological polar surface area (TPSA) is 93.7 Å². The zero-order valence-electron chi connectivity index (χ0n) is 16.0. The molecule has 27 heavy (non-hydrogen) atoms. The van der Waals surface area contributed by atoms with Crippen LogP contribution in [0.1, 0.15) is 49.9 Å². The highest BCUT2D eigenvalue weighted by Crippen LogP contribution is 2.23. The molecule has 1 fully saturated rings. The smallest absolute Gasteiger partial charge is 0.325 e. The van der Waals surface area contributed by atoms with Crippen molar-refractivity contribution in [3.8, 4) is 5.75 Å². The van der Waals surface area contributed by atoms with E-state index in [4.69, 9.17) is 9.47 Å². The van der Waals surface area contributed by atoms with Crippen LogP contribution in [0.3, 0.4) is 0 Å². The molecule has 0 radical (unpaired) electrons. The van der Waals surface area contributed by atoms with Crippen molar-refractivity contribution >= 4 is 17.8 Å². The number of ether oxygens (including phenoxy) is 2. The predicted octanol–water partition coefficient (Wildman–Crippen LogP) is 2.05. The first-order valence-electron chi connectivity index (χ1n) is 9.45. The molecule has 0 saturated heterocycles. The first-order chi connectivity index (χ1) is 13.0. The fourth-order valence-electron chi connectivity index (χ4n) is 3.10. The molecule has 0 aliphatic heterocycles. The van der Waals surface area contributed by atoms with Gasteiger partial charge >= 0.3 is 5.97 Å². The highest BCUT2D eigenvalue weighted by Gasteiger charge is 2.23. The number of rotatable bonds is 8. The summed E-state index contributed by atoms with van der Waals surface area (Å²) in [6.07, 6.45) is 4.35. The van der Waals surface area contributed by atoms with Gasteiger partial charge in [-0.25, -0.2) is 0 Å². The normalized spacial score (nSPS) is 19.0. The first kappa shape index (κ1) is 20.7. The van der Waals surface area contributed by atoms with Crippen molar-refractivity contribution in [3.05, 3.63) is 29.8 Å². The molecule has 2 atom stereocenters. The van der Waals surface area contributed by atoms with Crippen molar-refractivity contribution in [1.82, 2.24) is 10.6 Å². The number of hydrogen-bond acceptors (Lipinski definition) is 5. The van der Waals surface area contributed by atoms with E-state index in [0.717, 1.165) is 19.3 Å². The molecule has 148 valence electrons. The Morgan fingerprint density at radius 2 is 1.81 bits per heavy atom. The summed E-state index contributed by atoms with van der Waals surface area (Å²) in [6, 6.07) is 6.75. The minimum atomic E-state index is -0.652. The largest absolute Gasteiger partial charge is 0.494 e. The fraction of sp³-hybridized carbons (Fsp3) is 0.550. The lowest BCUT2D eigenvalue weighted by atomic mass is 9.86.